The molecule has 25 heavy (non-hydrogen) atoms. The number of hydrogen-bond donors (Lipinski definition) is 2. The molecule has 1 amide bonds. The third kappa shape index (κ3) is 6.39. The first kappa shape index (κ1) is 19.3. The van der Waals surface area contributed by atoms with E-state index in [0.717, 1.165) is 37.0 Å². The average Bonchev–Trinajstić information content (AvgIpc) is 3.00. The summed E-state index contributed by atoms with van der Waals surface area (Å²) in [4.78, 5) is 17.4. The van der Waals surface area contributed by atoms with Gasteiger partial charge in [-0.3, -0.25) is 4.79 Å². The van der Waals surface area contributed by atoms with E-state index in [1.54, 1.807) is 6.08 Å². The molecule has 4 nitrogen and oxygen atoms in total. The molecule has 136 valence electrons. The minimum absolute atomic E-state index is 0.0153. The number of carbonyl (C=O) groups is 1. The minimum Gasteiger partial charge on any atom is -0.361 e. The maximum absolute atomic E-state index is 11.9. The summed E-state index contributed by atoms with van der Waals surface area (Å²) in [5.74, 6) is -0.0153. The monoisotopic (exact) mass is 341 g/mol. The second kappa shape index (κ2) is 10.0. The van der Waals surface area contributed by atoms with Crippen molar-refractivity contribution >= 4 is 22.9 Å². The van der Waals surface area contributed by atoms with Crippen LogP contribution in [0.5, 0.6) is 0 Å². The molecule has 0 aliphatic carbocycles. The highest BCUT2D eigenvalue weighted by Crippen LogP contribution is 2.21. The molecule has 0 atom stereocenters. The fourth-order valence-electron chi connectivity index (χ4n) is 2.84. The second-order valence-electron chi connectivity index (χ2n) is 6.86. The van der Waals surface area contributed by atoms with Crippen LogP contribution in [-0.2, 0) is 11.2 Å². The van der Waals surface area contributed by atoms with Gasteiger partial charge < -0.3 is 15.2 Å². The summed E-state index contributed by atoms with van der Waals surface area (Å²) in [6.07, 6.45) is 11.3. The second-order valence-corrected chi connectivity index (χ2v) is 6.86. The topological polar surface area (TPSA) is 48.1 Å². The summed E-state index contributed by atoms with van der Waals surface area (Å²) in [6.45, 7) is 3.97. The van der Waals surface area contributed by atoms with Crippen molar-refractivity contribution in [2.24, 2.45) is 0 Å². The van der Waals surface area contributed by atoms with Crippen LogP contribution in [-0.4, -0.2) is 43.0 Å². The van der Waals surface area contributed by atoms with Crippen LogP contribution in [0.25, 0.3) is 17.0 Å². The number of aromatic amines is 1. The number of H-pyrrole nitrogens is 1. The van der Waals surface area contributed by atoms with E-state index in [0.29, 0.717) is 0 Å². The molecule has 0 aliphatic heterocycles. The number of hydrogen-bond acceptors (Lipinski definition) is 2. The van der Waals surface area contributed by atoms with Crippen molar-refractivity contribution in [3.05, 3.63) is 41.6 Å². The van der Waals surface area contributed by atoms with Gasteiger partial charge in [0.1, 0.15) is 0 Å². The van der Waals surface area contributed by atoms with Gasteiger partial charge in [-0.25, -0.2) is 0 Å². The van der Waals surface area contributed by atoms with Crippen LogP contribution < -0.4 is 5.32 Å². The molecule has 2 rings (SSSR count). The lowest BCUT2D eigenvalue weighted by Gasteiger charge is -2.08. The Kier molecular flexibility index (Phi) is 7.74. The first-order valence-electron chi connectivity index (χ1n) is 9.31. The van der Waals surface area contributed by atoms with E-state index in [1.807, 2.05) is 12.1 Å². The molecular weight excluding hydrogens is 310 g/mol. The third-order valence-electron chi connectivity index (χ3n) is 4.38. The number of likely N-dealkylation sites (N-methyl/N-ethyl adjacent to an activating group) is 1. The van der Waals surface area contributed by atoms with E-state index in [1.165, 1.54) is 30.2 Å². The van der Waals surface area contributed by atoms with Crippen molar-refractivity contribution in [3.63, 3.8) is 0 Å². The first-order chi connectivity index (χ1) is 12.1. The van der Waals surface area contributed by atoms with E-state index >= 15 is 0 Å². The maximum atomic E-state index is 11.9. The van der Waals surface area contributed by atoms with Gasteiger partial charge in [0.25, 0.3) is 0 Å². The predicted molar refractivity (Wildman–Crippen MR) is 107 cm³/mol. The molecule has 4 heteroatoms. The third-order valence-corrected chi connectivity index (χ3v) is 4.38. The standard InChI is InChI=1S/C21H31N3O/c1-4-5-6-7-13-22-21(25)11-9-17-8-10-20-19(15-17)18(16-23-20)12-14-24(2)3/h8-11,15-16,23H,4-7,12-14H2,1-3H3,(H,22,25). The summed E-state index contributed by atoms with van der Waals surface area (Å²) >= 11 is 0. The van der Waals surface area contributed by atoms with Gasteiger partial charge >= 0.3 is 0 Å². The molecule has 1 heterocycles. The Hall–Kier alpha value is -2.07. The van der Waals surface area contributed by atoms with Crippen LogP contribution in [0.4, 0.5) is 0 Å². The van der Waals surface area contributed by atoms with Crippen molar-refractivity contribution < 1.29 is 4.79 Å². The number of fused-ring (bicyclic) bond motifs is 1. The Morgan fingerprint density at radius 2 is 2.08 bits per heavy atom. The van der Waals surface area contributed by atoms with E-state index < -0.39 is 0 Å². The van der Waals surface area contributed by atoms with Crippen LogP contribution in [0.3, 0.4) is 0 Å². The SMILES string of the molecule is CCCCCCNC(=O)C=Cc1ccc2[nH]cc(CCN(C)C)c2c1. The van der Waals surface area contributed by atoms with Crippen LogP contribution in [0.2, 0.25) is 0 Å². The number of amides is 1. The Morgan fingerprint density at radius 1 is 1.24 bits per heavy atom. The van der Waals surface area contributed by atoms with Crippen LogP contribution >= 0.6 is 0 Å². The molecule has 2 aromatic rings. The number of carbonyl (C=O) groups excluding carboxylic acids is 1. The summed E-state index contributed by atoms with van der Waals surface area (Å²) in [7, 11) is 4.17. The lowest BCUT2D eigenvalue weighted by molar-refractivity contribution is -0.116. The molecule has 1 aromatic heterocycles. The largest absolute Gasteiger partial charge is 0.361 e. The van der Waals surface area contributed by atoms with Crippen molar-refractivity contribution in [3.8, 4) is 0 Å². The molecule has 0 spiro atoms. The molecule has 0 saturated carbocycles. The van der Waals surface area contributed by atoms with Crippen molar-refractivity contribution in [1.29, 1.82) is 0 Å². The maximum Gasteiger partial charge on any atom is 0.243 e. The van der Waals surface area contributed by atoms with Crippen LogP contribution in [0, 0.1) is 0 Å². The predicted octanol–water partition coefficient (Wildman–Crippen LogP) is 3.98. The molecule has 0 saturated heterocycles. The molecular formula is C21H31N3O. The van der Waals surface area contributed by atoms with Gasteiger partial charge in [-0.05, 0) is 56.3 Å². The van der Waals surface area contributed by atoms with Gasteiger partial charge in [-0.1, -0.05) is 32.3 Å². The zero-order valence-electron chi connectivity index (χ0n) is 15.8. The Balaban J connectivity index is 1.93. The number of nitrogens with one attached hydrogen (secondary N) is 2. The molecule has 0 fully saturated rings. The van der Waals surface area contributed by atoms with E-state index in [9.17, 15) is 4.79 Å². The Labute approximate surface area is 151 Å². The molecule has 2 N–H and O–H groups in total. The molecule has 1 aromatic carbocycles. The fourth-order valence-corrected chi connectivity index (χ4v) is 2.84. The summed E-state index contributed by atoms with van der Waals surface area (Å²) in [6, 6.07) is 6.28. The van der Waals surface area contributed by atoms with E-state index in [4.69, 9.17) is 0 Å². The van der Waals surface area contributed by atoms with Crippen molar-refractivity contribution in [1.82, 2.24) is 15.2 Å². The Morgan fingerprint density at radius 3 is 2.84 bits per heavy atom. The number of rotatable bonds is 10. The lowest BCUT2D eigenvalue weighted by atomic mass is 10.1. The average molecular weight is 341 g/mol. The fraction of sp³-hybridized carbons (Fsp3) is 0.476. The number of aromatic nitrogens is 1. The van der Waals surface area contributed by atoms with Crippen LogP contribution in [0.1, 0.15) is 43.7 Å². The van der Waals surface area contributed by atoms with Gasteiger partial charge in [0.2, 0.25) is 5.91 Å². The molecule has 0 aliphatic rings. The Bertz CT molecular complexity index is 700. The smallest absolute Gasteiger partial charge is 0.243 e. The van der Waals surface area contributed by atoms with Gasteiger partial charge in [0.05, 0.1) is 0 Å². The zero-order valence-corrected chi connectivity index (χ0v) is 15.8. The van der Waals surface area contributed by atoms with Crippen LogP contribution in [0.15, 0.2) is 30.5 Å². The quantitative estimate of drug-likeness (QED) is 0.507. The van der Waals surface area contributed by atoms with Gasteiger partial charge in [-0.15, -0.1) is 0 Å². The van der Waals surface area contributed by atoms with Gasteiger partial charge in [0.15, 0.2) is 0 Å². The number of benzene rings is 1. The highest BCUT2D eigenvalue weighted by molar-refractivity contribution is 5.93. The van der Waals surface area contributed by atoms with E-state index in [-0.39, 0.29) is 5.91 Å². The number of nitrogens with zero attached hydrogens (tertiary/aromatic N) is 1. The number of unbranched alkanes of at least 4 members (excludes halogenated alkanes) is 3. The summed E-state index contributed by atoms with van der Waals surface area (Å²) in [5.41, 5.74) is 3.52. The zero-order chi connectivity index (χ0) is 18.1. The van der Waals surface area contributed by atoms with Crippen molar-refractivity contribution in [2.45, 2.75) is 39.0 Å². The summed E-state index contributed by atoms with van der Waals surface area (Å²) < 4.78 is 0. The highest BCUT2D eigenvalue weighted by Gasteiger charge is 2.05. The lowest BCUT2D eigenvalue weighted by Crippen LogP contribution is -2.21. The first-order valence-corrected chi connectivity index (χ1v) is 9.31. The molecule has 0 unspecified atom stereocenters. The molecule has 0 bridgehead atoms. The normalized spacial score (nSPS) is 11.7. The minimum atomic E-state index is -0.0153. The van der Waals surface area contributed by atoms with Gasteiger partial charge in [0, 0.05) is 36.3 Å². The van der Waals surface area contributed by atoms with Gasteiger partial charge in [-0.2, -0.15) is 0 Å². The summed E-state index contributed by atoms with van der Waals surface area (Å²) in [5, 5.41) is 4.19. The van der Waals surface area contributed by atoms with E-state index in [2.05, 4.69) is 54.5 Å². The van der Waals surface area contributed by atoms with Crippen molar-refractivity contribution in [2.75, 3.05) is 27.2 Å². The molecule has 0 radical (unpaired) electrons. The highest BCUT2D eigenvalue weighted by atomic mass is 16.1.